The summed E-state index contributed by atoms with van der Waals surface area (Å²) in [7, 11) is 0. The first kappa shape index (κ1) is 13.0. The van der Waals surface area contributed by atoms with Crippen LogP contribution in [0, 0.1) is 0 Å². The first-order valence-electron chi connectivity index (χ1n) is 5.32. The number of aliphatic hydroxyl groups is 1. The molecule has 1 aromatic carbocycles. The van der Waals surface area contributed by atoms with Gasteiger partial charge in [-0.1, -0.05) is 12.1 Å². The molecule has 0 spiro atoms. The average molecular weight is 242 g/mol. The van der Waals surface area contributed by atoms with E-state index in [1.54, 1.807) is 0 Å². The third kappa shape index (κ3) is 4.64. The number of aliphatic hydroxyl groups excluding tert-OH is 1. The highest BCUT2D eigenvalue weighted by Crippen LogP contribution is 2.12. The molecule has 0 aliphatic carbocycles. The Morgan fingerprint density at radius 3 is 2.94 bits per heavy atom. The lowest BCUT2D eigenvalue weighted by molar-refractivity contribution is -0.115. The van der Waals surface area contributed by atoms with E-state index >= 15 is 0 Å². The van der Waals surface area contributed by atoms with Crippen molar-refractivity contribution in [2.75, 3.05) is 17.8 Å². The molecular weight excluding hydrogens is 226 g/mol. The van der Waals surface area contributed by atoms with Crippen LogP contribution in [0.2, 0.25) is 0 Å². The summed E-state index contributed by atoms with van der Waals surface area (Å²) in [6, 6.07) is 7.63. The van der Waals surface area contributed by atoms with Gasteiger partial charge in [-0.2, -0.15) is 0 Å². The summed E-state index contributed by atoms with van der Waals surface area (Å²) < 4.78 is 0. The van der Waals surface area contributed by atoms with E-state index in [1.165, 1.54) is 0 Å². The molecule has 0 aromatic heterocycles. The fraction of sp³-hybridized carbons (Fsp3) is 0.417. The summed E-state index contributed by atoms with van der Waals surface area (Å²) in [5.74, 6) is 0.255. The quantitative estimate of drug-likeness (QED) is 0.750. The van der Waals surface area contributed by atoms with Gasteiger partial charge in [-0.05, 0) is 30.5 Å². The van der Waals surface area contributed by atoms with Crippen LogP contribution in [0.3, 0.4) is 0 Å². The lowest BCUT2D eigenvalue weighted by atomic mass is 10.1. The van der Waals surface area contributed by atoms with Crippen molar-refractivity contribution in [3.63, 3.8) is 0 Å². The number of alkyl halides is 1. The van der Waals surface area contributed by atoms with Gasteiger partial charge in [0.15, 0.2) is 0 Å². The van der Waals surface area contributed by atoms with Crippen LogP contribution in [0.25, 0.3) is 0 Å². The van der Waals surface area contributed by atoms with E-state index in [0.29, 0.717) is 12.3 Å². The smallest absolute Gasteiger partial charge is 0.225 e. The van der Waals surface area contributed by atoms with E-state index in [-0.39, 0.29) is 12.5 Å². The Hall–Kier alpha value is -1.06. The zero-order valence-electron chi connectivity index (χ0n) is 9.08. The van der Waals surface area contributed by atoms with Crippen molar-refractivity contribution in [2.24, 2.45) is 0 Å². The molecule has 0 fully saturated rings. The summed E-state index contributed by atoms with van der Waals surface area (Å²) in [6.07, 6.45) is 1.87. The summed E-state index contributed by atoms with van der Waals surface area (Å²) >= 11 is 5.47. The van der Waals surface area contributed by atoms with Crippen LogP contribution < -0.4 is 5.32 Å². The number of nitrogens with one attached hydrogen (secondary N) is 1. The number of carbonyl (C=O) groups excluding carboxylic acids is 1. The van der Waals surface area contributed by atoms with Gasteiger partial charge in [0.1, 0.15) is 0 Å². The lowest BCUT2D eigenvalue weighted by Gasteiger charge is -2.06. The second kappa shape index (κ2) is 7.25. The molecule has 3 nitrogen and oxygen atoms in total. The monoisotopic (exact) mass is 241 g/mol. The molecular formula is C12H16ClNO2. The zero-order valence-corrected chi connectivity index (χ0v) is 9.83. The van der Waals surface area contributed by atoms with Gasteiger partial charge in [0.05, 0.1) is 0 Å². The molecule has 0 saturated heterocycles. The van der Waals surface area contributed by atoms with Gasteiger partial charge in [0.25, 0.3) is 0 Å². The molecule has 2 N–H and O–H groups in total. The molecule has 0 bridgehead atoms. The Bertz CT molecular complexity index is 342. The molecule has 0 heterocycles. The number of hydrogen-bond donors (Lipinski definition) is 2. The zero-order chi connectivity index (χ0) is 11.8. The van der Waals surface area contributed by atoms with Crippen LogP contribution in [0.15, 0.2) is 24.3 Å². The predicted octanol–water partition coefficient (Wildman–Crippen LogP) is 2.18. The van der Waals surface area contributed by atoms with Crippen LogP contribution in [0.1, 0.15) is 18.4 Å². The standard InChI is InChI=1S/C12H16ClNO2/c13-7-6-12(16)14-11-5-1-3-10(9-11)4-2-8-15/h1,3,5,9,15H,2,4,6-8H2,(H,14,16). The third-order valence-electron chi connectivity index (χ3n) is 2.16. The highest BCUT2D eigenvalue weighted by molar-refractivity contribution is 6.19. The normalized spacial score (nSPS) is 10.1. The van der Waals surface area contributed by atoms with Crippen LogP contribution >= 0.6 is 11.6 Å². The van der Waals surface area contributed by atoms with Crippen LogP contribution in [-0.4, -0.2) is 23.5 Å². The fourth-order valence-electron chi connectivity index (χ4n) is 1.40. The maximum absolute atomic E-state index is 11.3. The summed E-state index contributed by atoms with van der Waals surface area (Å²) in [5.41, 5.74) is 1.89. The SMILES string of the molecule is O=C(CCCl)Nc1cccc(CCCO)c1. The van der Waals surface area contributed by atoms with E-state index in [2.05, 4.69) is 5.32 Å². The highest BCUT2D eigenvalue weighted by atomic mass is 35.5. The summed E-state index contributed by atoms with van der Waals surface area (Å²) in [6.45, 7) is 0.183. The predicted molar refractivity (Wildman–Crippen MR) is 65.8 cm³/mol. The maximum Gasteiger partial charge on any atom is 0.225 e. The Labute approximate surface area is 100 Å². The van der Waals surface area contributed by atoms with Crippen molar-refractivity contribution in [3.8, 4) is 0 Å². The second-order valence-electron chi connectivity index (χ2n) is 3.51. The van der Waals surface area contributed by atoms with Crippen molar-refractivity contribution in [2.45, 2.75) is 19.3 Å². The molecule has 1 rings (SSSR count). The molecule has 0 unspecified atom stereocenters. The number of halogens is 1. The van der Waals surface area contributed by atoms with Gasteiger partial charge in [-0.3, -0.25) is 4.79 Å². The van der Waals surface area contributed by atoms with E-state index in [0.717, 1.165) is 24.1 Å². The fourth-order valence-corrected chi connectivity index (χ4v) is 1.57. The average Bonchev–Trinajstić information content (AvgIpc) is 2.27. The largest absolute Gasteiger partial charge is 0.396 e. The minimum Gasteiger partial charge on any atom is -0.396 e. The number of amides is 1. The van der Waals surface area contributed by atoms with Crippen molar-refractivity contribution in [3.05, 3.63) is 29.8 Å². The molecule has 1 amide bonds. The Morgan fingerprint density at radius 2 is 2.25 bits per heavy atom. The third-order valence-corrected chi connectivity index (χ3v) is 2.34. The number of anilines is 1. The minimum absolute atomic E-state index is 0.0747. The number of carbonyl (C=O) groups is 1. The molecule has 88 valence electrons. The van der Waals surface area contributed by atoms with Crippen molar-refractivity contribution in [1.82, 2.24) is 0 Å². The number of hydrogen-bond acceptors (Lipinski definition) is 2. The molecule has 4 heteroatoms. The summed E-state index contributed by atoms with van der Waals surface area (Å²) in [5, 5.41) is 11.5. The topological polar surface area (TPSA) is 49.3 Å². The van der Waals surface area contributed by atoms with Crippen molar-refractivity contribution < 1.29 is 9.90 Å². The first-order chi connectivity index (χ1) is 7.76. The van der Waals surface area contributed by atoms with E-state index in [4.69, 9.17) is 16.7 Å². The van der Waals surface area contributed by atoms with Gasteiger partial charge in [-0.15, -0.1) is 11.6 Å². The van der Waals surface area contributed by atoms with Crippen LogP contribution in [-0.2, 0) is 11.2 Å². The van der Waals surface area contributed by atoms with Gasteiger partial charge < -0.3 is 10.4 Å². The number of benzene rings is 1. The van der Waals surface area contributed by atoms with E-state index in [1.807, 2.05) is 24.3 Å². The molecule has 0 atom stereocenters. The van der Waals surface area contributed by atoms with E-state index < -0.39 is 0 Å². The van der Waals surface area contributed by atoms with Crippen molar-refractivity contribution in [1.29, 1.82) is 0 Å². The lowest BCUT2D eigenvalue weighted by Crippen LogP contribution is -2.11. The molecule has 0 saturated carbocycles. The molecule has 0 aliphatic heterocycles. The van der Waals surface area contributed by atoms with Gasteiger partial charge >= 0.3 is 0 Å². The van der Waals surface area contributed by atoms with Gasteiger partial charge in [-0.25, -0.2) is 0 Å². The van der Waals surface area contributed by atoms with Crippen LogP contribution in [0.4, 0.5) is 5.69 Å². The van der Waals surface area contributed by atoms with Gasteiger partial charge in [0.2, 0.25) is 5.91 Å². The molecule has 0 radical (unpaired) electrons. The van der Waals surface area contributed by atoms with Crippen LogP contribution in [0.5, 0.6) is 0 Å². The first-order valence-corrected chi connectivity index (χ1v) is 5.85. The van der Waals surface area contributed by atoms with Crippen molar-refractivity contribution >= 4 is 23.2 Å². The van der Waals surface area contributed by atoms with E-state index in [9.17, 15) is 4.79 Å². The Kier molecular flexibility index (Phi) is 5.90. The summed E-state index contributed by atoms with van der Waals surface area (Å²) in [4.78, 5) is 11.3. The molecule has 1 aromatic rings. The molecule has 0 aliphatic rings. The van der Waals surface area contributed by atoms with Gasteiger partial charge in [0, 0.05) is 24.6 Å². The maximum atomic E-state index is 11.3. The highest BCUT2D eigenvalue weighted by Gasteiger charge is 2.01. The minimum atomic E-state index is -0.0747. The Morgan fingerprint density at radius 1 is 1.44 bits per heavy atom. The Balaban J connectivity index is 2.56. The molecule has 16 heavy (non-hydrogen) atoms. The second-order valence-corrected chi connectivity index (χ2v) is 3.89. The number of rotatable bonds is 6. The number of aryl methyl sites for hydroxylation is 1.